The van der Waals surface area contributed by atoms with Gasteiger partial charge in [0.05, 0.1) is 0 Å². The average molecular weight is 368 g/mol. The molecule has 142 valence electrons. The van der Waals surface area contributed by atoms with Gasteiger partial charge in [-0.1, -0.05) is 31.2 Å². The number of likely N-dealkylation sites (tertiary alicyclic amines) is 1. The van der Waals surface area contributed by atoms with E-state index in [1.165, 1.54) is 6.07 Å². The number of rotatable bonds is 5. The highest BCUT2D eigenvalue weighted by atomic mass is 19.1. The van der Waals surface area contributed by atoms with Crippen molar-refractivity contribution in [1.29, 1.82) is 0 Å². The molecule has 0 saturated carbocycles. The molecule has 1 unspecified atom stereocenters. The first-order valence-electron chi connectivity index (χ1n) is 9.45. The zero-order chi connectivity index (χ0) is 19.2. The molecule has 1 atom stereocenters. The largest absolute Gasteiger partial charge is 0.352 e. The average Bonchev–Trinajstić information content (AvgIpc) is 2.69. The third kappa shape index (κ3) is 4.94. The van der Waals surface area contributed by atoms with Crippen molar-refractivity contribution in [3.05, 3.63) is 71.0 Å². The van der Waals surface area contributed by atoms with Crippen molar-refractivity contribution >= 4 is 11.8 Å². The van der Waals surface area contributed by atoms with Gasteiger partial charge in [0, 0.05) is 30.8 Å². The summed E-state index contributed by atoms with van der Waals surface area (Å²) >= 11 is 0. The maximum atomic E-state index is 13.6. The van der Waals surface area contributed by atoms with Gasteiger partial charge < -0.3 is 10.2 Å². The summed E-state index contributed by atoms with van der Waals surface area (Å²) in [4.78, 5) is 27.0. The summed E-state index contributed by atoms with van der Waals surface area (Å²) in [6, 6.07) is 13.3. The molecular formula is C22H25FN2O2. The van der Waals surface area contributed by atoms with E-state index in [1.54, 1.807) is 42.5 Å². The summed E-state index contributed by atoms with van der Waals surface area (Å²) in [6.07, 6.45) is 2.58. The Bertz CT molecular complexity index is 821. The zero-order valence-electron chi connectivity index (χ0n) is 15.6. The molecule has 0 aliphatic carbocycles. The van der Waals surface area contributed by atoms with Crippen LogP contribution in [0, 0.1) is 11.7 Å². The van der Waals surface area contributed by atoms with Crippen LogP contribution in [-0.4, -0.2) is 36.3 Å². The molecular weight excluding hydrogens is 343 g/mol. The molecule has 1 fully saturated rings. The van der Waals surface area contributed by atoms with Crippen LogP contribution >= 0.6 is 0 Å². The Labute approximate surface area is 159 Å². The Morgan fingerprint density at radius 3 is 2.70 bits per heavy atom. The lowest BCUT2D eigenvalue weighted by atomic mass is 9.99. The van der Waals surface area contributed by atoms with Crippen LogP contribution in [0.3, 0.4) is 0 Å². The Balaban J connectivity index is 1.60. The molecule has 5 heteroatoms. The Kier molecular flexibility index (Phi) is 6.22. The number of hydrogen-bond donors (Lipinski definition) is 1. The van der Waals surface area contributed by atoms with E-state index in [0.29, 0.717) is 35.6 Å². The van der Waals surface area contributed by atoms with Gasteiger partial charge in [0.1, 0.15) is 5.82 Å². The van der Waals surface area contributed by atoms with Crippen LogP contribution in [-0.2, 0) is 6.42 Å². The fourth-order valence-corrected chi connectivity index (χ4v) is 3.46. The first-order valence-corrected chi connectivity index (χ1v) is 9.45. The van der Waals surface area contributed by atoms with E-state index >= 15 is 0 Å². The van der Waals surface area contributed by atoms with Crippen molar-refractivity contribution in [2.24, 2.45) is 5.92 Å². The number of carbonyl (C=O) groups excluding carboxylic acids is 2. The van der Waals surface area contributed by atoms with Crippen LogP contribution in [0.25, 0.3) is 0 Å². The van der Waals surface area contributed by atoms with Gasteiger partial charge in [0.25, 0.3) is 11.8 Å². The lowest BCUT2D eigenvalue weighted by Gasteiger charge is -2.31. The topological polar surface area (TPSA) is 49.4 Å². The fraction of sp³-hybridized carbons (Fsp3) is 0.364. The predicted octanol–water partition coefficient (Wildman–Crippen LogP) is 3.67. The monoisotopic (exact) mass is 368 g/mol. The second-order valence-electron chi connectivity index (χ2n) is 7.18. The van der Waals surface area contributed by atoms with Gasteiger partial charge in [-0.3, -0.25) is 9.59 Å². The van der Waals surface area contributed by atoms with E-state index in [4.69, 9.17) is 0 Å². The van der Waals surface area contributed by atoms with Gasteiger partial charge in [0.2, 0.25) is 0 Å². The summed E-state index contributed by atoms with van der Waals surface area (Å²) in [5.74, 6) is -0.0433. The summed E-state index contributed by atoms with van der Waals surface area (Å²) in [6.45, 7) is 4.01. The third-order valence-corrected chi connectivity index (χ3v) is 4.95. The molecule has 1 aliphatic heterocycles. The lowest BCUT2D eigenvalue weighted by molar-refractivity contribution is 0.0683. The van der Waals surface area contributed by atoms with Crippen LogP contribution in [0.5, 0.6) is 0 Å². The smallest absolute Gasteiger partial charge is 0.253 e. The maximum Gasteiger partial charge on any atom is 0.253 e. The molecule has 0 radical (unpaired) electrons. The highest BCUT2D eigenvalue weighted by molar-refractivity contribution is 5.99. The molecule has 0 aromatic heterocycles. The summed E-state index contributed by atoms with van der Waals surface area (Å²) in [7, 11) is 0. The van der Waals surface area contributed by atoms with Gasteiger partial charge in [-0.15, -0.1) is 0 Å². The summed E-state index contributed by atoms with van der Waals surface area (Å²) in [5, 5.41) is 2.80. The molecule has 1 aliphatic rings. The molecule has 0 spiro atoms. The second kappa shape index (κ2) is 8.80. The minimum atomic E-state index is -0.268. The molecule has 0 bridgehead atoms. The number of amides is 2. The van der Waals surface area contributed by atoms with E-state index in [1.807, 2.05) is 4.90 Å². The van der Waals surface area contributed by atoms with Gasteiger partial charge in [0.15, 0.2) is 0 Å². The minimum absolute atomic E-state index is 0.0254. The van der Waals surface area contributed by atoms with Crippen LogP contribution in [0.4, 0.5) is 4.39 Å². The van der Waals surface area contributed by atoms with Crippen molar-refractivity contribution < 1.29 is 14.0 Å². The molecule has 1 N–H and O–H groups in total. The van der Waals surface area contributed by atoms with E-state index in [0.717, 1.165) is 25.9 Å². The van der Waals surface area contributed by atoms with Crippen LogP contribution in [0.1, 0.15) is 46.0 Å². The predicted molar refractivity (Wildman–Crippen MR) is 103 cm³/mol. The molecule has 4 nitrogen and oxygen atoms in total. The molecule has 1 saturated heterocycles. The first-order chi connectivity index (χ1) is 13.0. The number of carbonyl (C=O) groups is 2. The second-order valence-corrected chi connectivity index (χ2v) is 7.18. The number of piperidine rings is 1. The van der Waals surface area contributed by atoms with Crippen molar-refractivity contribution in [2.45, 2.75) is 26.2 Å². The van der Waals surface area contributed by atoms with Crippen molar-refractivity contribution in [3.63, 3.8) is 0 Å². The molecule has 2 amide bonds. The number of hydrogen-bond acceptors (Lipinski definition) is 2. The zero-order valence-corrected chi connectivity index (χ0v) is 15.6. The van der Waals surface area contributed by atoms with E-state index in [9.17, 15) is 14.0 Å². The molecule has 2 aromatic rings. The van der Waals surface area contributed by atoms with Crippen molar-refractivity contribution in [2.75, 3.05) is 19.6 Å². The Morgan fingerprint density at radius 2 is 1.93 bits per heavy atom. The van der Waals surface area contributed by atoms with Crippen LogP contribution < -0.4 is 5.32 Å². The number of benzene rings is 2. The Morgan fingerprint density at radius 1 is 1.15 bits per heavy atom. The van der Waals surface area contributed by atoms with E-state index in [2.05, 4.69) is 12.2 Å². The molecule has 2 aromatic carbocycles. The molecule has 3 rings (SSSR count). The van der Waals surface area contributed by atoms with Crippen molar-refractivity contribution in [3.8, 4) is 0 Å². The van der Waals surface area contributed by atoms with E-state index < -0.39 is 0 Å². The maximum absolute atomic E-state index is 13.6. The normalized spacial score (nSPS) is 16.8. The molecule has 27 heavy (non-hydrogen) atoms. The van der Waals surface area contributed by atoms with Crippen LogP contribution in [0.2, 0.25) is 0 Å². The quantitative estimate of drug-likeness (QED) is 0.875. The molecule has 1 heterocycles. The SMILES string of the molecule is CC1CCCN(C(=O)c2cccc(C(=O)NCCc3ccccc3F)c2)C1. The minimum Gasteiger partial charge on any atom is -0.352 e. The lowest BCUT2D eigenvalue weighted by Crippen LogP contribution is -2.39. The first kappa shape index (κ1) is 19.1. The van der Waals surface area contributed by atoms with Gasteiger partial charge in [-0.2, -0.15) is 0 Å². The highest BCUT2D eigenvalue weighted by Crippen LogP contribution is 2.18. The van der Waals surface area contributed by atoms with Gasteiger partial charge in [-0.25, -0.2) is 4.39 Å². The number of halogens is 1. The van der Waals surface area contributed by atoms with Crippen LogP contribution in [0.15, 0.2) is 48.5 Å². The van der Waals surface area contributed by atoms with E-state index in [-0.39, 0.29) is 17.6 Å². The van der Waals surface area contributed by atoms with Gasteiger partial charge in [-0.05, 0) is 55.0 Å². The fourth-order valence-electron chi connectivity index (χ4n) is 3.46. The number of nitrogens with zero attached hydrogens (tertiary/aromatic N) is 1. The summed E-state index contributed by atoms with van der Waals surface area (Å²) in [5.41, 5.74) is 1.55. The summed E-state index contributed by atoms with van der Waals surface area (Å²) < 4.78 is 13.6. The Hall–Kier alpha value is -2.69. The third-order valence-electron chi connectivity index (χ3n) is 4.95. The standard InChI is InChI=1S/C22H25FN2O2/c1-16-6-5-13-25(15-16)22(27)19-9-4-8-18(14-19)21(26)24-12-11-17-7-2-3-10-20(17)23/h2-4,7-10,14,16H,5-6,11-13,15H2,1H3,(H,24,26). The van der Waals surface area contributed by atoms with Crippen molar-refractivity contribution in [1.82, 2.24) is 10.2 Å². The highest BCUT2D eigenvalue weighted by Gasteiger charge is 2.22. The number of nitrogens with one attached hydrogen (secondary N) is 1. The van der Waals surface area contributed by atoms with Gasteiger partial charge >= 0.3 is 0 Å².